The van der Waals surface area contributed by atoms with E-state index in [1.807, 2.05) is 104 Å². The van der Waals surface area contributed by atoms with Gasteiger partial charge in [-0.25, -0.2) is 0 Å². The van der Waals surface area contributed by atoms with Crippen molar-refractivity contribution in [2.24, 2.45) is 0 Å². The van der Waals surface area contributed by atoms with Crippen LogP contribution in [0.3, 0.4) is 0 Å². The predicted octanol–water partition coefficient (Wildman–Crippen LogP) is 8.58. The molecule has 2 atom stereocenters. The second kappa shape index (κ2) is 10.6. The predicted molar refractivity (Wildman–Crippen MR) is 160 cm³/mol. The van der Waals surface area contributed by atoms with E-state index >= 15 is 0 Å². The molecule has 39 heavy (non-hydrogen) atoms. The lowest BCUT2D eigenvalue weighted by Crippen LogP contribution is -2.29. The van der Waals surface area contributed by atoms with E-state index in [0.717, 1.165) is 45.5 Å². The minimum atomic E-state index is -0.260. The van der Waals surface area contributed by atoms with Gasteiger partial charge in [0, 0.05) is 22.5 Å². The van der Waals surface area contributed by atoms with Gasteiger partial charge in [0.2, 0.25) is 0 Å². The van der Waals surface area contributed by atoms with Gasteiger partial charge < -0.3 is 19.4 Å². The van der Waals surface area contributed by atoms with E-state index in [0.29, 0.717) is 10.1 Å². The first kappa shape index (κ1) is 25.2. The largest absolute Gasteiger partial charge is 0.459 e. The number of aromatic nitrogens is 1. The zero-order valence-electron chi connectivity index (χ0n) is 21.5. The molecule has 1 aliphatic rings. The zero-order chi connectivity index (χ0) is 26.9. The van der Waals surface area contributed by atoms with Crippen molar-refractivity contribution in [3.63, 3.8) is 0 Å². The molecule has 5 nitrogen and oxygen atoms in total. The molecule has 5 aromatic rings. The average Bonchev–Trinajstić information content (AvgIpc) is 3.57. The van der Waals surface area contributed by atoms with E-state index < -0.39 is 0 Å². The molecule has 1 fully saturated rings. The number of rotatable bonds is 6. The summed E-state index contributed by atoms with van der Waals surface area (Å²) in [6.07, 6.45) is 1.79. The van der Waals surface area contributed by atoms with Crippen molar-refractivity contribution in [2.45, 2.75) is 25.9 Å². The van der Waals surface area contributed by atoms with Gasteiger partial charge in [-0.3, -0.25) is 4.98 Å². The number of nitrogens with zero attached hydrogens (tertiary/aromatic N) is 2. The molecule has 3 heterocycles. The van der Waals surface area contributed by atoms with E-state index in [4.69, 9.17) is 33.0 Å². The highest BCUT2D eigenvalue weighted by atomic mass is 35.5. The number of aryl methyl sites for hydroxylation is 2. The Kier molecular flexibility index (Phi) is 6.81. The molecule has 1 N–H and O–H groups in total. The topological polar surface area (TPSA) is 50.5 Å². The van der Waals surface area contributed by atoms with E-state index in [1.54, 1.807) is 6.20 Å². The molecule has 0 radical (unpaired) electrons. The van der Waals surface area contributed by atoms with E-state index in [2.05, 4.69) is 22.1 Å². The molecular weight excluding hydrogens is 526 g/mol. The highest BCUT2D eigenvalue weighted by Crippen LogP contribution is 2.43. The number of furan rings is 1. The lowest BCUT2D eigenvalue weighted by molar-refractivity contribution is 0.439. The summed E-state index contributed by atoms with van der Waals surface area (Å²) in [5.41, 5.74) is 5.03. The first-order valence-corrected chi connectivity index (χ1v) is 13.5. The van der Waals surface area contributed by atoms with Crippen molar-refractivity contribution in [3.8, 4) is 22.8 Å². The Morgan fingerprint density at radius 1 is 0.897 bits per heavy atom. The Balaban J connectivity index is 1.36. The van der Waals surface area contributed by atoms with Gasteiger partial charge in [-0.15, -0.1) is 0 Å². The van der Waals surface area contributed by atoms with Crippen LogP contribution >= 0.6 is 23.8 Å². The molecule has 2 aromatic heterocycles. The minimum absolute atomic E-state index is 0.207. The second-order valence-corrected chi connectivity index (χ2v) is 10.4. The van der Waals surface area contributed by atoms with E-state index in [9.17, 15) is 0 Å². The normalized spacial score (nSPS) is 16.8. The van der Waals surface area contributed by atoms with Crippen LogP contribution in [0.25, 0.3) is 11.3 Å². The first-order valence-electron chi connectivity index (χ1n) is 12.7. The molecule has 0 amide bonds. The number of nitrogens with one attached hydrogen (secondary N) is 1. The summed E-state index contributed by atoms with van der Waals surface area (Å²) < 4.78 is 12.5. The standard InChI is InChI=1S/C32H26ClN3O2S/c1-20-6-12-24(13-7-20)37-25-14-10-23(11-15-25)36-31(30(35-32(36)39)27-5-3-4-18-34-27)29-17-16-28(38-29)26-19-22(33)9-8-21(26)2/h3-19,30-31H,1-2H3,(H,35,39)/t30-,31+/m0/s1. The second-order valence-electron chi connectivity index (χ2n) is 9.57. The molecule has 194 valence electrons. The number of thiocarbonyl (C=S) groups is 1. The van der Waals surface area contributed by atoms with Crippen LogP contribution in [0.4, 0.5) is 5.69 Å². The van der Waals surface area contributed by atoms with E-state index in [-0.39, 0.29) is 12.1 Å². The van der Waals surface area contributed by atoms with Gasteiger partial charge in [-0.05, 0) is 104 Å². The molecule has 6 rings (SSSR count). The van der Waals surface area contributed by atoms with Crippen LogP contribution in [0.2, 0.25) is 5.02 Å². The third-order valence-corrected chi connectivity index (χ3v) is 7.40. The van der Waals surface area contributed by atoms with Crippen molar-refractivity contribution in [3.05, 3.63) is 131 Å². The number of hydrogen-bond donors (Lipinski definition) is 1. The fourth-order valence-corrected chi connectivity index (χ4v) is 5.37. The maximum absolute atomic E-state index is 6.50. The summed E-state index contributed by atoms with van der Waals surface area (Å²) in [4.78, 5) is 6.71. The third kappa shape index (κ3) is 5.13. The Bertz CT molecular complexity index is 1620. The van der Waals surface area contributed by atoms with Crippen LogP contribution in [0.15, 0.2) is 108 Å². The Morgan fingerprint density at radius 2 is 1.64 bits per heavy atom. The molecule has 0 aliphatic carbocycles. The maximum atomic E-state index is 6.50. The summed E-state index contributed by atoms with van der Waals surface area (Å²) >= 11 is 12.2. The summed E-state index contributed by atoms with van der Waals surface area (Å²) in [6, 6.07) is 31.1. The molecule has 1 aliphatic heterocycles. The molecule has 0 bridgehead atoms. The number of anilines is 1. The van der Waals surface area contributed by atoms with Gasteiger partial charge in [0.05, 0.1) is 11.7 Å². The SMILES string of the molecule is Cc1ccc(Oc2ccc(N3C(=S)N[C@@H](c4ccccn4)[C@H]3c3ccc(-c4cc(Cl)ccc4C)o3)cc2)cc1. The Labute approximate surface area is 238 Å². The van der Waals surface area contributed by atoms with Gasteiger partial charge in [-0.1, -0.05) is 41.4 Å². The summed E-state index contributed by atoms with van der Waals surface area (Å²) in [7, 11) is 0. The first-order chi connectivity index (χ1) is 19.0. The highest BCUT2D eigenvalue weighted by Gasteiger charge is 2.42. The van der Waals surface area contributed by atoms with Gasteiger partial charge >= 0.3 is 0 Å². The molecular formula is C32H26ClN3O2S. The molecule has 0 saturated carbocycles. The maximum Gasteiger partial charge on any atom is 0.174 e. The summed E-state index contributed by atoms with van der Waals surface area (Å²) in [5, 5.41) is 4.74. The minimum Gasteiger partial charge on any atom is -0.459 e. The van der Waals surface area contributed by atoms with Crippen molar-refractivity contribution in [2.75, 3.05) is 4.90 Å². The smallest absolute Gasteiger partial charge is 0.174 e. The molecule has 0 unspecified atom stereocenters. The van der Waals surface area contributed by atoms with Crippen LogP contribution in [-0.2, 0) is 0 Å². The lowest BCUT2D eigenvalue weighted by Gasteiger charge is -2.26. The average molecular weight is 552 g/mol. The van der Waals surface area contributed by atoms with Crippen molar-refractivity contribution >= 4 is 34.6 Å². The number of hydrogen-bond acceptors (Lipinski definition) is 4. The van der Waals surface area contributed by atoms with Crippen LogP contribution < -0.4 is 15.0 Å². The zero-order valence-corrected chi connectivity index (χ0v) is 23.0. The fraction of sp³-hybridized carbons (Fsp3) is 0.125. The van der Waals surface area contributed by atoms with Gasteiger partial charge in [0.1, 0.15) is 29.1 Å². The molecule has 3 aromatic carbocycles. The van der Waals surface area contributed by atoms with Gasteiger partial charge in [0.15, 0.2) is 5.11 Å². The Morgan fingerprint density at radius 3 is 2.36 bits per heavy atom. The van der Waals surface area contributed by atoms with Crippen LogP contribution in [0, 0.1) is 13.8 Å². The quantitative estimate of drug-likeness (QED) is 0.213. The van der Waals surface area contributed by atoms with Gasteiger partial charge in [0.25, 0.3) is 0 Å². The third-order valence-electron chi connectivity index (χ3n) is 6.85. The van der Waals surface area contributed by atoms with Crippen molar-refractivity contribution < 1.29 is 9.15 Å². The monoisotopic (exact) mass is 551 g/mol. The van der Waals surface area contributed by atoms with E-state index in [1.165, 1.54) is 5.56 Å². The fourth-order valence-electron chi connectivity index (χ4n) is 4.86. The van der Waals surface area contributed by atoms with Crippen LogP contribution in [-0.4, -0.2) is 10.1 Å². The molecule has 0 spiro atoms. The lowest BCUT2D eigenvalue weighted by atomic mass is 10.0. The number of ether oxygens (including phenoxy) is 1. The van der Waals surface area contributed by atoms with Gasteiger partial charge in [-0.2, -0.15) is 0 Å². The van der Waals surface area contributed by atoms with Crippen molar-refractivity contribution in [1.29, 1.82) is 0 Å². The molecule has 1 saturated heterocycles. The number of benzene rings is 3. The number of halogens is 1. The summed E-state index contributed by atoms with van der Waals surface area (Å²) in [5.74, 6) is 3.06. The van der Waals surface area contributed by atoms with Crippen LogP contribution in [0.5, 0.6) is 11.5 Å². The van der Waals surface area contributed by atoms with Crippen LogP contribution in [0.1, 0.15) is 34.7 Å². The number of pyridine rings is 1. The van der Waals surface area contributed by atoms with Crippen molar-refractivity contribution in [1.82, 2.24) is 10.3 Å². The summed E-state index contributed by atoms with van der Waals surface area (Å²) in [6.45, 7) is 4.10. The Hall–Kier alpha value is -4.13. The molecule has 7 heteroatoms. The highest BCUT2D eigenvalue weighted by molar-refractivity contribution is 7.80.